The minimum absolute atomic E-state index is 0.786. The molecule has 4 rings (SSSR count). The highest BCUT2D eigenvalue weighted by Gasteiger charge is 2.17. The number of fused-ring (bicyclic) bond motifs is 2. The van der Waals surface area contributed by atoms with Crippen LogP contribution in [0.1, 0.15) is 0 Å². The number of rotatable bonds is 2. The van der Waals surface area contributed by atoms with Gasteiger partial charge in [-0.15, -0.1) is 0 Å². The summed E-state index contributed by atoms with van der Waals surface area (Å²) in [5.74, 6) is 0.786. The molecule has 0 spiro atoms. The van der Waals surface area contributed by atoms with E-state index in [-0.39, 0.29) is 0 Å². The standard InChI is InChI=1S/C13H11N5/c1-14-12-13-16-7-11(18(13)5-4-15-12)8-2-3-9-10(6-8)17-9/h2-7,17H,1H3,(H,14,15). The lowest BCUT2D eigenvalue weighted by Crippen LogP contribution is -1.97. The van der Waals surface area contributed by atoms with Gasteiger partial charge in [0.1, 0.15) is 0 Å². The van der Waals surface area contributed by atoms with Crippen LogP contribution in [0.15, 0.2) is 36.8 Å². The molecule has 0 fully saturated rings. The molecule has 18 heavy (non-hydrogen) atoms. The Morgan fingerprint density at radius 1 is 1.22 bits per heavy atom. The van der Waals surface area contributed by atoms with Crippen molar-refractivity contribution in [2.24, 2.45) is 0 Å². The number of nitrogens with zero attached hydrogens (tertiary/aromatic N) is 3. The molecule has 0 aliphatic carbocycles. The number of nitrogens with one attached hydrogen (secondary N) is 2. The minimum Gasteiger partial charge on any atom is -0.370 e. The molecule has 2 N–H and O–H groups in total. The monoisotopic (exact) mass is 237 g/mol. The van der Waals surface area contributed by atoms with Crippen molar-refractivity contribution in [3.8, 4) is 11.3 Å². The van der Waals surface area contributed by atoms with Crippen LogP contribution in [0, 0.1) is 0 Å². The average Bonchev–Trinajstić information content (AvgIpc) is 3.06. The summed E-state index contributed by atoms with van der Waals surface area (Å²) < 4.78 is 2.04. The molecule has 88 valence electrons. The second-order valence-electron chi connectivity index (χ2n) is 4.25. The summed E-state index contributed by atoms with van der Waals surface area (Å²) in [6, 6.07) is 6.32. The zero-order chi connectivity index (χ0) is 12.1. The zero-order valence-corrected chi connectivity index (χ0v) is 9.81. The van der Waals surface area contributed by atoms with Gasteiger partial charge in [0, 0.05) is 25.0 Å². The van der Waals surface area contributed by atoms with E-state index in [2.05, 4.69) is 38.8 Å². The summed E-state index contributed by atoms with van der Waals surface area (Å²) in [6.45, 7) is 0. The van der Waals surface area contributed by atoms with Crippen molar-refractivity contribution in [2.45, 2.75) is 0 Å². The molecule has 2 aromatic heterocycles. The van der Waals surface area contributed by atoms with Gasteiger partial charge in [-0.3, -0.25) is 4.40 Å². The second kappa shape index (κ2) is 3.22. The summed E-state index contributed by atoms with van der Waals surface area (Å²) in [6.07, 6.45) is 5.58. The number of imidazole rings is 1. The Labute approximate surface area is 104 Å². The molecule has 0 amide bonds. The van der Waals surface area contributed by atoms with Crippen LogP contribution in [-0.2, 0) is 0 Å². The first-order valence-electron chi connectivity index (χ1n) is 5.78. The summed E-state index contributed by atoms with van der Waals surface area (Å²) in [5.41, 5.74) is 5.48. The maximum Gasteiger partial charge on any atom is 0.180 e. The number of hydrogen-bond donors (Lipinski definition) is 2. The maximum atomic E-state index is 4.43. The van der Waals surface area contributed by atoms with Crippen LogP contribution in [0.4, 0.5) is 17.2 Å². The van der Waals surface area contributed by atoms with E-state index < -0.39 is 0 Å². The highest BCUT2D eigenvalue weighted by molar-refractivity contribution is 5.93. The van der Waals surface area contributed by atoms with Crippen LogP contribution in [0.3, 0.4) is 0 Å². The normalized spacial score (nSPS) is 12.1. The molecule has 0 bridgehead atoms. The number of hydrogen-bond acceptors (Lipinski definition) is 4. The molecule has 1 aromatic carbocycles. The topological polar surface area (TPSA) is 64.2 Å². The summed E-state index contributed by atoms with van der Waals surface area (Å²) in [5, 5.41) is 6.26. The lowest BCUT2D eigenvalue weighted by Gasteiger charge is -2.03. The molecule has 0 saturated heterocycles. The Kier molecular flexibility index (Phi) is 1.70. The fourth-order valence-corrected chi connectivity index (χ4v) is 2.20. The first kappa shape index (κ1) is 9.47. The van der Waals surface area contributed by atoms with Crippen LogP contribution in [0.2, 0.25) is 0 Å². The first-order valence-corrected chi connectivity index (χ1v) is 5.78. The van der Waals surface area contributed by atoms with E-state index in [0.717, 1.165) is 22.7 Å². The predicted molar refractivity (Wildman–Crippen MR) is 71.3 cm³/mol. The van der Waals surface area contributed by atoms with Crippen molar-refractivity contribution >= 4 is 22.8 Å². The molecule has 5 heteroatoms. The van der Waals surface area contributed by atoms with Crippen LogP contribution in [-0.4, -0.2) is 21.4 Å². The van der Waals surface area contributed by atoms with Crippen LogP contribution >= 0.6 is 0 Å². The fraction of sp³-hybridized carbons (Fsp3) is 0.0769. The third-order valence-corrected chi connectivity index (χ3v) is 3.19. The second-order valence-corrected chi connectivity index (χ2v) is 4.25. The Morgan fingerprint density at radius 3 is 3.00 bits per heavy atom. The van der Waals surface area contributed by atoms with E-state index in [1.807, 2.05) is 23.8 Å². The van der Waals surface area contributed by atoms with Gasteiger partial charge in [0.2, 0.25) is 0 Å². The van der Waals surface area contributed by atoms with Gasteiger partial charge < -0.3 is 10.6 Å². The maximum absolute atomic E-state index is 4.43. The molecule has 0 atom stereocenters. The summed E-state index contributed by atoms with van der Waals surface area (Å²) in [7, 11) is 1.85. The Hall–Kier alpha value is -2.56. The van der Waals surface area contributed by atoms with Gasteiger partial charge in [-0.05, 0) is 12.1 Å². The highest BCUT2D eigenvalue weighted by Crippen LogP contribution is 2.41. The van der Waals surface area contributed by atoms with E-state index >= 15 is 0 Å². The molecule has 3 heterocycles. The highest BCUT2D eigenvalue weighted by atomic mass is 15.1. The van der Waals surface area contributed by atoms with Crippen LogP contribution in [0.25, 0.3) is 16.9 Å². The van der Waals surface area contributed by atoms with Crippen LogP contribution in [0.5, 0.6) is 0 Å². The van der Waals surface area contributed by atoms with Gasteiger partial charge in [0.25, 0.3) is 0 Å². The van der Waals surface area contributed by atoms with E-state index in [1.54, 1.807) is 6.20 Å². The number of benzene rings is 1. The first-order chi connectivity index (χ1) is 8.86. The van der Waals surface area contributed by atoms with Crippen molar-refractivity contribution in [3.05, 3.63) is 36.8 Å². The van der Waals surface area contributed by atoms with Crippen molar-refractivity contribution in [1.82, 2.24) is 14.4 Å². The smallest absolute Gasteiger partial charge is 0.180 e. The molecule has 5 nitrogen and oxygen atoms in total. The van der Waals surface area contributed by atoms with Crippen molar-refractivity contribution in [1.29, 1.82) is 0 Å². The molecule has 3 aromatic rings. The average molecular weight is 237 g/mol. The van der Waals surface area contributed by atoms with Crippen molar-refractivity contribution in [3.63, 3.8) is 0 Å². The quantitative estimate of drug-likeness (QED) is 0.526. The summed E-state index contributed by atoms with van der Waals surface area (Å²) >= 11 is 0. The van der Waals surface area contributed by atoms with Crippen molar-refractivity contribution < 1.29 is 0 Å². The fourth-order valence-electron chi connectivity index (χ4n) is 2.20. The molecule has 0 saturated carbocycles. The Balaban J connectivity index is 1.96. The predicted octanol–water partition coefficient (Wildman–Crippen LogP) is 2.50. The zero-order valence-electron chi connectivity index (χ0n) is 9.81. The molecule has 0 unspecified atom stereocenters. The SMILES string of the molecule is CNc1nccn2c(-c3ccc4c(c3)N4)cnc12. The van der Waals surface area contributed by atoms with E-state index in [9.17, 15) is 0 Å². The van der Waals surface area contributed by atoms with E-state index in [4.69, 9.17) is 0 Å². The van der Waals surface area contributed by atoms with Gasteiger partial charge in [0.15, 0.2) is 11.5 Å². The molecule has 1 aliphatic heterocycles. The lowest BCUT2D eigenvalue weighted by atomic mass is 10.2. The largest absolute Gasteiger partial charge is 0.370 e. The molecular weight excluding hydrogens is 226 g/mol. The van der Waals surface area contributed by atoms with Crippen molar-refractivity contribution in [2.75, 3.05) is 17.7 Å². The number of aromatic nitrogens is 3. The number of anilines is 3. The Bertz CT molecular complexity index is 759. The van der Waals surface area contributed by atoms with E-state index in [1.165, 1.54) is 11.4 Å². The minimum atomic E-state index is 0.786. The summed E-state index contributed by atoms with van der Waals surface area (Å²) in [4.78, 5) is 8.68. The molecule has 1 aliphatic rings. The Morgan fingerprint density at radius 2 is 2.17 bits per heavy atom. The molecular formula is C13H11N5. The van der Waals surface area contributed by atoms with Gasteiger partial charge in [-0.1, -0.05) is 6.07 Å². The van der Waals surface area contributed by atoms with Crippen LogP contribution < -0.4 is 10.6 Å². The third-order valence-electron chi connectivity index (χ3n) is 3.19. The van der Waals surface area contributed by atoms with E-state index in [0.29, 0.717) is 0 Å². The van der Waals surface area contributed by atoms with Gasteiger partial charge in [-0.25, -0.2) is 9.97 Å². The lowest BCUT2D eigenvalue weighted by molar-refractivity contribution is 1.13. The third kappa shape index (κ3) is 1.21. The van der Waals surface area contributed by atoms with Gasteiger partial charge in [0.05, 0.1) is 23.3 Å². The molecule has 0 radical (unpaired) electrons. The van der Waals surface area contributed by atoms with Gasteiger partial charge >= 0.3 is 0 Å². The van der Waals surface area contributed by atoms with Gasteiger partial charge in [-0.2, -0.15) is 0 Å².